The molecule has 5 atom stereocenters. The summed E-state index contributed by atoms with van der Waals surface area (Å²) in [5.74, 6) is -0.992. The molecule has 0 spiro atoms. The van der Waals surface area contributed by atoms with Crippen LogP contribution in [0, 0.1) is 10.8 Å². The van der Waals surface area contributed by atoms with Crippen molar-refractivity contribution in [2.24, 2.45) is 10.8 Å². The van der Waals surface area contributed by atoms with Gasteiger partial charge in [0.25, 0.3) is 10.4 Å². The quantitative estimate of drug-likeness (QED) is 0.160. The lowest BCUT2D eigenvalue weighted by Crippen LogP contribution is -2.62. The van der Waals surface area contributed by atoms with Gasteiger partial charge in [-0.2, -0.15) is 4.55 Å². The Labute approximate surface area is 301 Å². The predicted octanol–water partition coefficient (Wildman–Crippen LogP) is 3.07. The summed E-state index contributed by atoms with van der Waals surface area (Å²) in [6.45, 7) is 11.1. The maximum atomic E-state index is 14.0. The molecule has 2 rings (SSSR count). The smallest absolute Gasteiger partial charge is 0.315 e. The lowest BCUT2D eigenvalue weighted by Gasteiger charge is -2.37. The summed E-state index contributed by atoms with van der Waals surface area (Å²) in [6, 6.07) is 0.217. The number of methoxy groups -OCH3 is 2. The fraction of sp³-hybridized carbons (Fsp3) is 0.706. The van der Waals surface area contributed by atoms with Crippen LogP contribution < -0.4 is 30.7 Å². The van der Waals surface area contributed by atoms with Gasteiger partial charge in [0.15, 0.2) is 6.26 Å². The first-order chi connectivity index (χ1) is 23.5. The fourth-order valence-corrected chi connectivity index (χ4v) is 5.95. The monoisotopic (exact) mass is 747 g/mol. The molecule has 290 valence electrons. The molecule has 1 fully saturated rings. The number of likely N-dealkylation sites (N-methyl/N-ethyl adjacent to an activating group) is 1. The van der Waals surface area contributed by atoms with Crippen molar-refractivity contribution in [3.05, 3.63) is 23.8 Å². The molecule has 0 aromatic heterocycles. The van der Waals surface area contributed by atoms with Crippen molar-refractivity contribution in [1.29, 1.82) is 0 Å². The highest BCUT2D eigenvalue weighted by molar-refractivity contribution is 7.94. The molecule has 0 bridgehead atoms. The maximum Gasteiger partial charge on any atom is 0.315 e. The van der Waals surface area contributed by atoms with Crippen molar-refractivity contribution in [1.82, 2.24) is 30.5 Å². The van der Waals surface area contributed by atoms with Gasteiger partial charge in [-0.05, 0) is 52.0 Å². The van der Waals surface area contributed by atoms with Gasteiger partial charge in [0.05, 0.1) is 26.8 Å². The normalized spacial score (nSPS) is 18.0. The van der Waals surface area contributed by atoms with E-state index in [2.05, 4.69) is 21.3 Å². The Morgan fingerprint density at radius 2 is 1.59 bits per heavy atom. The van der Waals surface area contributed by atoms with Crippen LogP contribution in [0.15, 0.2) is 18.2 Å². The van der Waals surface area contributed by atoms with Crippen LogP contribution in [0.5, 0.6) is 11.5 Å². The first-order valence-electron chi connectivity index (χ1n) is 16.9. The van der Waals surface area contributed by atoms with Crippen LogP contribution >= 0.6 is 0 Å². The minimum Gasteiger partial charge on any atom is -0.497 e. The Hall–Kier alpha value is -3.57. The van der Waals surface area contributed by atoms with Crippen molar-refractivity contribution < 1.29 is 46.2 Å². The number of urea groups is 1. The number of amides is 5. The van der Waals surface area contributed by atoms with Gasteiger partial charge in [-0.15, -0.1) is 0 Å². The van der Waals surface area contributed by atoms with E-state index in [0.717, 1.165) is 5.56 Å². The lowest BCUT2D eigenvalue weighted by atomic mass is 9.85. The molecule has 0 saturated carbocycles. The zero-order valence-electron chi connectivity index (χ0n) is 31.4. The number of ether oxygens (including phenoxy) is 2. The average Bonchev–Trinajstić information content (AvgIpc) is 3.51. The summed E-state index contributed by atoms with van der Waals surface area (Å²) in [6.07, 6.45) is -1.63. The van der Waals surface area contributed by atoms with Gasteiger partial charge in [0, 0.05) is 32.6 Å². The molecule has 1 aliphatic heterocycles. The number of benzene rings is 1. The van der Waals surface area contributed by atoms with Gasteiger partial charge in [-0.3, -0.25) is 14.4 Å². The molecular formula is C34H57F2N6O8S+. The van der Waals surface area contributed by atoms with Crippen LogP contribution in [0.25, 0.3) is 0 Å². The largest absolute Gasteiger partial charge is 0.497 e. The molecular weight excluding hydrogens is 690 g/mol. The molecule has 0 radical (unpaired) electrons. The molecule has 51 heavy (non-hydrogen) atoms. The topological polar surface area (TPSA) is 179 Å². The van der Waals surface area contributed by atoms with Crippen molar-refractivity contribution >= 4 is 34.2 Å². The van der Waals surface area contributed by atoms with E-state index in [1.165, 1.54) is 36.7 Å². The van der Waals surface area contributed by atoms with Crippen LogP contribution in [-0.2, 0) is 35.4 Å². The SMILES string of the molecule is COc1cc(CCNC(=O)[C@H](CC(F)F)NC(=O)[C@@H]2CCCN2C(=O)[C@@H](NC(=O)N[C@H](CN(C)[S+](C)(=O)O)C(C)(C)C)C(C)(C)C)cc(OC)c1. The van der Waals surface area contributed by atoms with Gasteiger partial charge in [-0.1, -0.05) is 45.8 Å². The second-order valence-electron chi connectivity index (χ2n) is 15.0. The summed E-state index contributed by atoms with van der Waals surface area (Å²) in [4.78, 5) is 55.2. The number of hydrogen-bond acceptors (Lipinski definition) is 7. The van der Waals surface area contributed by atoms with Crippen molar-refractivity contribution in [2.45, 2.75) is 97.8 Å². The molecule has 1 saturated heterocycles. The number of likely N-dealkylation sites (tertiary alicyclic amines) is 1. The number of rotatable bonds is 16. The molecule has 1 unspecified atom stereocenters. The molecule has 5 amide bonds. The highest BCUT2D eigenvalue weighted by Crippen LogP contribution is 2.27. The van der Waals surface area contributed by atoms with E-state index in [1.54, 1.807) is 39.0 Å². The molecule has 1 aromatic carbocycles. The maximum absolute atomic E-state index is 14.0. The molecule has 5 N–H and O–H groups in total. The van der Waals surface area contributed by atoms with Crippen LogP contribution in [-0.4, -0.2) is 115 Å². The minimum atomic E-state index is -3.28. The van der Waals surface area contributed by atoms with Crippen LogP contribution in [0.2, 0.25) is 0 Å². The molecule has 0 aliphatic carbocycles. The van der Waals surface area contributed by atoms with E-state index < -0.39 is 82.0 Å². The average molecular weight is 748 g/mol. The third kappa shape index (κ3) is 13.5. The van der Waals surface area contributed by atoms with E-state index in [4.69, 9.17) is 9.47 Å². The van der Waals surface area contributed by atoms with Crippen LogP contribution in [0.3, 0.4) is 0 Å². The van der Waals surface area contributed by atoms with E-state index in [0.29, 0.717) is 24.3 Å². The number of nitrogens with one attached hydrogen (secondary N) is 4. The first kappa shape index (κ1) is 43.6. The molecule has 17 heteroatoms. The van der Waals surface area contributed by atoms with Gasteiger partial charge in [0.1, 0.15) is 29.6 Å². The van der Waals surface area contributed by atoms with E-state index >= 15 is 0 Å². The highest BCUT2D eigenvalue weighted by Gasteiger charge is 2.43. The molecule has 1 aliphatic rings. The zero-order valence-corrected chi connectivity index (χ0v) is 32.2. The summed E-state index contributed by atoms with van der Waals surface area (Å²) >= 11 is 0. The molecule has 1 heterocycles. The summed E-state index contributed by atoms with van der Waals surface area (Å²) in [7, 11) is 1.19. The van der Waals surface area contributed by atoms with Gasteiger partial charge in [0.2, 0.25) is 24.1 Å². The second kappa shape index (κ2) is 18.3. The van der Waals surface area contributed by atoms with Crippen LogP contribution in [0.1, 0.15) is 66.4 Å². The molecule has 1 aromatic rings. The van der Waals surface area contributed by atoms with E-state index in [-0.39, 0.29) is 26.1 Å². The summed E-state index contributed by atoms with van der Waals surface area (Å²) in [5, 5.41) is 10.6. The first-order valence-corrected chi connectivity index (χ1v) is 18.7. The number of nitrogens with zero attached hydrogens (tertiary/aromatic N) is 2. The standard InChI is InChI=1S/C34H56F2N6O8S/c1-33(2,3)26(20-41(7)51(10,47)48)39-32(46)40-28(34(4,5)6)31(45)42-15-11-12-25(42)30(44)38-24(19-27(35)36)29(43)37-14-13-21-16-22(49-8)18-23(17-21)50-9/h16-18,24-28H,11-15,19-20H2,1-10H3,(H4-,37,38,39,40,43,44,46,47,48)/p+1/t24-,25-,26+,28+/m0/s1. The third-order valence-corrected chi connectivity index (χ3v) is 10.1. The lowest BCUT2D eigenvalue weighted by molar-refractivity contribution is -0.142. The van der Waals surface area contributed by atoms with Gasteiger partial charge < -0.3 is 35.6 Å². The predicted molar refractivity (Wildman–Crippen MR) is 191 cm³/mol. The van der Waals surface area contributed by atoms with Crippen LogP contribution in [0.4, 0.5) is 13.6 Å². The Morgan fingerprint density at radius 3 is 2.08 bits per heavy atom. The Kier molecular flexibility index (Phi) is 15.6. The number of alkyl halides is 2. The van der Waals surface area contributed by atoms with E-state index in [9.17, 15) is 36.7 Å². The minimum absolute atomic E-state index is 0.0500. The van der Waals surface area contributed by atoms with E-state index in [1.807, 2.05) is 20.8 Å². The Morgan fingerprint density at radius 1 is 1.00 bits per heavy atom. The fourth-order valence-electron chi connectivity index (χ4n) is 5.52. The van der Waals surface area contributed by atoms with Crippen molar-refractivity contribution in [2.75, 3.05) is 47.2 Å². The summed E-state index contributed by atoms with van der Waals surface area (Å²) < 4.78 is 61.1. The summed E-state index contributed by atoms with van der Waals surface area (Å²) in [5.41, 5.74) is -0.575. The second-order valence-corrected chi connectivity index (χ2v) is 17.2. The highest BCUT2D eigenvalue weighted by atomic mass is 32.3. The van der Waals surface area contributed by atoms with Gasteiger partial charge >= 0.3 is 6.03 Å². The number of carbonyl (C=O) groups excluding carboxylic acids is 4. The third-order valence-electron chi connectivity index (χ3n) is 8.77. The molecule has 14 nitrogen and oxygen atoms in total. The van der Waals surface area contributed by atoms with Crippen molar-refractivity contribution in [3.63, 3.8) is 0 Å². The van der Waals surface area contributed by atoms with Crippen molar-refractivity contribution in [3.8, 4) is 11.5 Å². The van der Waals surface area contributed by atoms with Gasteiger partial charge in [-0.25, -0.2) is 13.6 Å². The number of hydrogen-bond donors (Lipinski definition) is 5. The number of carbonyl (C=O) groups is 4. The Balaban J connectivity index is 2.17. The number of halogens is 2. The zero-order chi connectivity index (χ0) is 38.9. The Bertz CT molecular complexity index is 1390.